The van der Waals surface area contributed by atoms with Gasteiger partial charge in [-0.2, -0.15) is 0 Å². The Kier molecular flexibility index (Phi) is 9.85. The van der Waals surface area contributed by atoms with E-state index in [9.17, 15) is 19.5 Å². The van der Waals surface area contributed by atoms with Crippen LogP contribution < -0.4 is 15.2 Å². The predicted octanol–water partition coefficient (Wildman–Crippen LogP) is 2.26. The van der Waals surface area contributed by atoms with Crippen LogP contribution in [0.4, 0.5) is 0 Å². The number of carboxylic acid groups (broad SMARTS) is 1. The lowest BCUT2D eigenvalue weighted by Gasteiger charge is -2.30. The first kappa shape index (κ1) is 28.2. The summed E-state index contributed by atoms with van der Waals surface area (Å²) in [5, 5.41) is 10.4. The molecule has 0 radical (unpaired) electrons. The zero-order valence-electron chi connectivity index (χ0n) is 22.5. The first-order valence-electron chi connectivity index (χ1n) is 14.0. The molecule has 2 fully saturated rings. The van der Waals surface area contributed by atoms with E-state index in [0.717, 1.165) is 37.8 Å². The van der Waals surface area contributed by atoms with Crippen LogP contribution in [0.5, 0.6) is 11.5 Å². The van der Waals surface area contributed by atoms with Crippen molar-refractivity contribution < 1.29 is 29.0 Å². The lowest BCUT2D eigenvalue weighted by molar-refractivity contribution is -0.144. The van der Waals surface area contributed by atoms with Gasteiger partial charge in [0.1, 0.15) is 0 Å². The lowest BCUT2D eigenvalue weighted by atomic mass is 9.83. The van der Waals surface area contributed by atoms with E-state index in [1.54, 1.807) is 0 Å². The summed E-state index contributed by atoms with van der Waals surface area (Å²) in [6.07, 6.45) is 5.41. The maximum absolute atomic E-state index is 13.5. The number of fused-ring (bicyclic) bond motifs is 1. The number of nitrogens with zero attached hydrogens (tertiary/aromatic N) is 3. The second-order valence-corrected chi connectivity index (χ2v) is 10.6. The van der Waals surface area contributed by atoms with Crippen LogP contribution in [0.15, 0.2) is 18.2 Å². The Labute approximate surface area is 225 Å². The Morgan fingerprint density at radius 3 is 2.66 bits per heavy atom. The van der Waals surface area contributed by atoms with E-state index >= 15 is 0 Å². The third-order valence-corrected chi connectivity index (χ3v) is 8.06. The summed E-state index contributed by atoms with van der Waals surface area (Å²) >= 11 is 0. The van der Waals surface area contributed by atoms with Crippen LogP contribution in [0.2, 0.25) is 0 Å². The molecule has 0 saturated carbocycles. The SMILES string of the molecule is CCCCN(CCCN)C(=O)CN1C[C@H](c2ccc3c(c2)OCO3)C(C(=O)O)[C@@H]1CCCN1CCCC1=O. The van der Waals surface area contributed by atoms with E-state index in [1.807, 2.05) is 28.0 Å². The summed E-state index contributed by atoms with van der Waals surface area (Å²) in [4.78, 5) is 44.1. The lowest BCUT2D eigenvalue weighted by Crippen LogP contribution is -2.45. The topological polar surface area (TPSA) is 126 Å². The molecule has 210 valence electrons. The van der Waals surface area contributed by atoms with Gasteiger partial charge in [-0.3, -0.25) is 19.3 Å². The highest BCUT2D eigenvalue weighted by atomic mass is 16.7. The summed E-state index contributed by atoms with van der Waals surface area (Å²) in [5.74, 6) is -0.366. The van der Waals surface area contributed by atoms with Crippen LogP contribution in [0.1, 0.15) is 63.4 Å². The standard InChI is InChI=1S/C28H42N4O6/c1-2-3-12-31(15-6-11-29)26(34)18-32-17-21(20-9-10-23-24(16-20)38-19-37-23)27(28(35)36)22(32)7-4-13-30-14-5-8-25(30)33/h9-10,16,21-22,27H,2-8,11-15,17-19,29H2,1H3,(H,35,36)/t21-,22+,27?/m1/s1. The number of carbonyl (C=O) groups excluding carboxylic acids is 2. The van der Waals surface area contributed by atoms with Crippen LogP contribution in [0.25, 0.3) is 0 Å². The smallest absolute Gasteiger partial charge is 0.308 e. The van der Waals surface area contributed by atoms with Gasteiger partial charge in [0.25, 0.3) is 0 Å². The van der Waals surface area contributed by atoms with Gasteiger partial charge in [0.15, 0.2) is 11.5 Å². The number of nitrogens with two attached hydrogens (primary N) is 1. The molecule has 3 aliphatic heterocycles. The average molecular weight is 531 g/mol. The van der Waals surface area contributed by atoms with Gasteiger partial charge in [0, 0.05) is 51.1 Å². The molecule has 2 amide bonds. The van der Waals surface area contributed by atoms with Crippen LogP contribution in [-0.4, -0.2) is 96.2 Å². The minimum atomic E-state index is -0.865. The number of hydrogen-bond acceptors (Lipinski definition) is 7. The van der Waals surface area contributed by atoms with Crippen molar-refractivity contribution in [1.29, 1.82) is 0 Å². The summed E-state index contributed by atoms with van der Waals surface area (Å²) in [7, 11) is 0. The minimum absolute atomic E-state index is 0.0158. The second-order valence-electron chi connectivity index (χ2n) is 10.6. The van der Waals surface area contributed by atoms with Crippen LogP contribution in [0.3, 0.4) is 0 Å². The van der Waals surface area contributed by atoms with E-state index in [-0.39, 0.29) is 37.1 Å². The van der Waals surface area contributed by atoms with Crippen molar-refractivity contribution >= 4 is 17.8 Å². The van der Waals surface area contributed by atoms with Gasteiger partial charge < -0.3 is 30.1 Å². The molecule has 1 unspecified atom stereocenters. The monoisotopic (exact) mass is 530 g/mol. The van der Waals surface area contributed by atoms with E-state index in [2.05, 4.69) is 11.8 Å². The minimum Gasteiger partial charge on any atom is -0.481 e. The Hall–Kier alpha value is -2.85. The number of aliphatic carboxylic acids is 1. The zero-order valence-corrected chi connectivity index (χ0v) is 22.5. The highest BCUT2D eigenvalue weighted by molar-refractivity contribution is 5.79. The van der Waals surface area contributed by atoms with Crippen molar-refractivity contribution in [2.24, 2.45) is 11.7 Å². The maximum Gasteiger partial charge on any atom is 0.308 e. The Morgan fingerprint density at radius 1 is 1.16 bits per heavy atom. The molecule has 10 nitrogen and oxygen atoms in total. The molecule has 4 rings (SSSR count). The third-order valence-electron chi connectivity index (χ3n) is 8.06. The Balaban J connectivity index is 1.54. The number of ether oxygens (including phenoxy) is 2. The van der Waals surface area contributed by atoms with E-state index in [4.69, 9.17) is 15.2 Å². The fraction of sp³-hybridized carbons (Fsp3) is 0.679. The molecule has 1 aromatic carbocycles. The molecule has 0 aliphatic carbocycles. The third kappa shape index (κ3) is 6.58. The average Bonchev–Trinajstić information content (AvgIpc) is 3.62. The fourth-order valence-electron chi connectivity index (χ4n) is 6.03. The first-order chi connectivity index (χ1) is 18.4. The molecule has 10 heteroatoms. The van der Waals surface area contributed by atoms with Crippen molar-refractivity contribution in [2.75, 3.05) is 52.6 Å². The number of carbonyl (C=O) groups is 3. The number of amides is 2. The predicted molar refractivity (Wildman–Crippen MR) is 142 cm³/mol. The number of unbranched alkanes of at least 4 members (excludes halogenated alkanes) is 1. The molecule has 3 atom stereocenters. The quantitative estimate of drug-likeness (QED) is 0.375. The summed E-state index contributed by atoms with van der Waals surface area (Å²) < 4.78 is 11.0. The molecule has 38 heavy (non-hydrogen) atoms. The van der Waals surface area contributed by atoms with Crippen molar-refractivity contribution in [2.45, 2.75) is 63.8 Å². The van der Waals surface area contributed by atoms with Crippen molar-refractivity contribution in [3.63, 3.8) is 0 Å². The van der Waals surface area contributed by atoms with E-state index in [0.29, 0.717) is 63.5 Å². The molecule has 0 spiro atoms. The number of hydrogen-bond donors (Lipinski definition) is 2. The van der Waals surface area contributed by atoms with Gasteiger partial charge in [-0.15, -0.1) is 0 Å². The summed E-state index contributed by atoms with van der Waals surface area (Å²) in [6.45, 7) is 6.09. The van der Waals surface area contributed by atoms with Gasteiger partial charge in [0.2, 0.25) is 18.6 Å². The molecule has 2 saturated heterocycles. The normalized spacial score (nSPS) is 22.8. The van der Waals surface area contributed by atoms with Gasteiger partial charge in [0.05, 0.1) is 12.5 Å². The van der Waals surface area contributed by atoms with E-state index in [1.165, 1.54) is 0 Å². The molecular formula is C28H42N4O6. The molecule has 3 aliphatic rings. The second kappa shape index (κ2) is 13.3. The fourth-order valence-corrected chi connectivity index (χ4v) is 6.03. The molecule has 0 aromatic heterocycles. The Morgan fingerprint density at radius 2 is 1.95 bits per heavy atom. The highest BCUT2D eigenvalue weighted by Gasteiger charge is 2.47. The van der Waals surface area contributed by atoms with Gasteiger partial charge >= 0.3 is 5.97 Å². The number of likely N-dealkylation sites (tertiary alicyclic amines) is 2. The van der Waals surface area contributed by atoms with Crippen LogP contribution >= 0.6 is 0 Å². The number of carboxylic acids is 1. The van der Waals surface area contributed by atoms with E-state index < -0.39 is 11.9 Å². The van der Waals surface area contributed by atoms with Crippen LogP contribution in [0, 0.1) is 5.92 Å². The maximum atomic E-state index is 13.5. The zero-order chi connectivity index (χ0) is 27.1. The van der Waals surface area contributed by atoms with Gasteiger partial charge in [-0.1, -0.05) is 19.4 Å². The Bertz CT molecular complexity index is 980. The van der Waals surface area contributed by atoms with Crippen molar-refractivity contribution in [1.82, 2.24) is 14.7 Å². The molecule has 3 heterocycles. The number of benzene rings is 1. The van der Waals surface area contributed by atoms with Gasteiger partial charge in [-0.25, -0.2) is 0 Å². The molecule has 3 N–H and O–H groups in total. The summed E-state index contributed by atoms with van der Waals surface area (Å²) in [5.41, 5.74) is 6.60. The molecular weight excluding hydrogens is 488 g/mol. The largest absolute Gasteiger partial charge is 0.481 e. The molecule has 0 bridgehead atoms. The highest BCUT2D eigenvalue weighted by Crippen LogP contribution is 2.43. The van der Waals surface area contributed by atoms with Crippen molar-refractivity contribution in [3.8, 4) is 11.5 Å². The first-order valence-corrected chi connectivity index (χ1v) is 14.0. The van der Waals surface area contributed by atoms with Crippen molar-refractivity contribution in [3.05, 3.63) is 23.8 Å². The number of rotatable bonds is 14. The van der Waals surface area contributed by atoms with Crippen LogP contribution in [-0.2, 0) is 14.4 Å². The molecule has 1 aromatic rings. The van der Waals surface area contributed by atoms with Gasteiger partial charge in [-0.05, 0) is 56.3 Å². The summed E-state index contributed by atoms with van der Waals surface area (Å²) in [6, 6.07) is 5.31.